The number of carbonyl (C=O) groups excluding carboxylic acids is 2. The minimum Gasteiger partial charge on any atom is -0.494 e. The van der Waals surface area contributed by atoms with E-state index in [1.807, 2.05) is 37.3 Å². The lowest BCUT2D eigenvalue weighted by atomic mass is 10.1. The summed E-state index contributed by atoms with van der Waals surface area (Å²) < 4.78 is 6.56. The molecule has 0 aliphatic carbocycles. The number of thioether (sulfide) groups is 1. The Morgan fingerprint density at radius 3 is 2.62 bits per heavy atom. The highest BCUT2D eigenvalue weighted by Gasteiger charge is 2.39. The van der Waals surface area contributed by atoms with Gasteiger partial charge in [-0.25, -0.2) is 0 Å². The molecule has 0 radical (unpaired) electrons. The van der Waals surface area contributed by atoms with Gasteiger partial charge in [-0.15, -0.1) is 0 Å². The number of halogens is 2. The smallest absolute Gasteiger partial charge is 0.289 e. The Morgan fingerprint density at radius 1 is 1.19 bits per heavy atom. The molecule has 3 rings (SSSR count). The van der Waals surface area contributed by atoms with Gasteiger partial charge in [0.1, 0.15) is 5.75 Å². The van der Waals surface area contributed by atoms with Crippen LogP contribution < -0.4 is 4.74 Å². The summed E-state index contributed by atoms with van der Waals surface area (Å²) in [5.41, 5.74) is 1.78. The second-order valence-corrected chi connectivity index (χ2v) is 8.32. The molecule has 1 aliphatic heterocycles. The van der Waals surface area contributed by atoms with Crippen molar-refractivity contribution >= 4 is 50.4 Å². The molecule has 1 fully saturated rings. The average molecular weight is 455 g/mol. The fourth-order valence-corrected chi connectivity index (χ4v) is 4.30. The molecule has 136 valence electrons. The summed E-state index contributed by atoms with van der Waals surface area (Å²) in [6.07, 6.45) is 0.446. The Bertz CT molecular complexity index is 828. The van der Waals surface area contributed by atoms with E-state index in [9.17, 15) is 9.59 Å². The van der Waals surface area contributed by atoms with Gasteiger partial charge in [0.25, 0.3) is 5.24 Å². The van der Waals surface area contributed by atoms with Crippen molar-refractivity contribution in [2.45, 2.75) is 25.1 Å². The highest BCUT2D eigenvalue weighted by Crippen LogP contribution is 2.34. The van der Waals surface area contributed by atoms with Crippen LogP contribution in [0.4, 0.5) is 4.79 Å². The Hall–Kier alpha value is -1.50. The second kappa shape index (κ2) is 8.46. The van der Waals surface area contributed by atoms with Crippen molar-refractivity contribution in [2.75, 3.05) is 6.61 Å². The van der Waals surface area contributed by atoms with Crippen LogP contribution in [0.25, 0.3) is 0 Å². The third kappa shape index (κ3) is 4.42. The summed E-state index contributed by atoms with van der Waals surface area (Å²) in [6.45, 7) is 2.72. The quantitative estimate of drug-likeness (QED) is 0.593. The predicted octanol–water partition coefficient (Wildman–Crippen LogP) is 5.31. The van der Waals surface area contributed by atoms with Crippen LogP contribution in [0.1, 0.15) is 18.1 Å². The number of hydrogen-bond acceptors (Lipinski definition) is 4. The first-order valence-corrected chi connectivity index (χ1v) is 10.2. The van der Waals surface area contributed by atoms with Crippen LogP contribution in [-0.2, 0) is 17.8 Å². The van der Waals surface area contributed by atoms with Gasteiger partial charge in [-0.1, -0.05) is 51.4 Å². The normalized spacial score (nSPS) is 17.0. The molecule has 26 heavy (non-hydrogen) atoms. The summed E-state index contributed by atoms with van der Waals surface area (Å²) in [7, 11) is 0. The van der Waals surface area contributed by atoms with Gasteiger partial charge in [0.15, 0.2) is 0 Å². The monoisotopic (exact) mass is 453 g/mol. The molecule has 0 bridgehead atoms. The maximum atomic E-state index is 12.8. The van der Waals surface area contributed by atoms with Gasteiger partial charge in [-0.2, -0.15) is 0 Å². The van der Waals surface area contributed by atoms with E-state index in [-0.39, 0.29) is 17.7 Å². The summed E-state index contributed by atoms with van der Waals surface area (Å²) in [5, 5.41) is -0.0376. The molecule has 7 heteroatoms. The number of ether oxygens (including phenoxy) is 1. The summed E-state index contributed by atoms with van der Waals surface area (Å²) >= 11 is 10.4. The lowest BCUT2D eigenvalue weighted by Gasteiger charge is -2.15. The first kappa shape index (κ1) is 19.3. The van der Waals surface area contributed by atoms with Crippen LogP contribution in [0.15, 0.2) is 46.9 Å². The molecular weight excluding hydrogens is 438 g/mol. The van der Waals surface area contributed by atoms with Crippen LogP contribution in [0.3, 0.4) is 0 Å². The van der Waals surface area contributed by atoms with Crippen molar-refractivity contribution < 1.29 is 14.3 Å². The average Bonchev–Trinajstić information content (AvgIpc) is 2.87. The van der Waals surface area contributed by atoms with E-state index in [0.29, 0.717) is 18.1 Å². The van der Waals surface area contributed by atoms with E-state index < -0.39 is 5.25 Å². The zero-order valence-corrected chi connectivity index (χ0v) is 17.2. The number of nitrogens with zero attached hydrogens (tertiary/aromatic N) is 1. The van der Waals surface area contributed by atoms with Gasteiger partial charge < -0.3 is 4.74 Å². The lowest BCUT2D eigenvalue weighted by molar-refractivity contribution is -0.127. The Kier molecular flexibility index (Phi) is 6.27. The van der Waals surface area contributed by atoms with Gasteiger partial charge in [0, 0.05) is 9.50 Å². The van der Waals surface area contributed by atoms with Gasteiger partial charge in [-0.3, -0.25) is 14.5 Å². The Balaban J connectivity index is 1.75. The number of imide groups is 1. The van der Waals surface area contributed by atoms with Crippen LogP contribution in [0.2, 0.25) is 5.02 Å². The van der Waals surface area contributed by atoms with E-state index in [4.69, 9.17) is 16.3 Å². The first-order chi connectivity index (χ1) is 12.5. The zero-order valence-electron chi connectivity index (χ0n) is 14.1. The number of benzene rings is 2. The molecule has 1 saturated heterocycles. The Morgan fingerprint density at radius 2 is 1.92 bits per heavy atom. The maximum absolute atomic E-state index is 12.8. The minimum absolute atomic E-state index is 0.169. The molecule has 0 unspecified atom stereocenters. The molecule has 0 N–H and O–H groups in total. The molecule has 2 amide bonds. The number of amides is 2. The number of hydrogen-bond donors (Lipinski definition) is 0. The molecule has 4 nitrogen and oxygen atoms in total. The molecule has 2 aromatic rings. The van der Waals surface area contributed by atoms with E-state index in [1.54, 1.807) is 12.1 Å². The van der Waals surface area contributed by atoms with Gasteiger partial charge in [-0.05, 0) is 54.8 Å². The van der Waals surface area contributed by atoms with E-state index >= 15 is 0 Å². The summed E-state index contributed by atoms with van der Waals surface area (Å²) in [6, 6.07) is 12.9. The molecular formula is C19H17BrClNO3S. The minimum atomic E-state index is -0.441. The van der Waals surface area contributed by atoms with Crippen molar-refractivity contribution in [1.29, 1.82) is 0 Å². The summed E-state index contributed by atoms with van der Waals surface area (Å²) in [5.74, 6) is 0.574. The summed E-state index contributed by atoms with van der Waals surface area (Å²) in [4.78, 5) is 26.4. The van der Waals surface area contributed by atoms with E-state index in [2.05, 4.69) is 15.9 Å². The molecule has 1 heterocycles. The predicted molar refractivity (Wildman–Crippen MR) is 108 cm³/mol. The topological polar surface area (TPSA) is 46.6 Å². The lowest BCUT2D eigenvalue weighted by Crippen LogP contribution is -2.31. The van der Waals surface area contributed by atoms with Crippen molar-refractivity contribution in [3.05, 3.63) is 63.1 Å². The molecule has 0 saturated carbocycles. The number of rotatable bonds is 6. The highest BCUT2D eigenvalue weighted by atomic mass is 79.9. The van der Waals surface area contributed by atoms with E-state index in [0.717, 1.165) is 33.1 Å². The fraction of sp³-hybridized carbons (Fsp3) is 0.263. The molecule has 1 aliphatic rings. The standard InChI is InChI=1S/C19H17BrClNO3S/c1-2-25-16-8-5-14(20)9-13(16)10-17-18(23)22(19(24)26-17)11-12-3-6-15(21)7-4-12/h3-9,17H,2,10-11H2,1H3/t17-/m1/s1. The van der Waals surface area contributed by atoms with Crippen LogP contribution in [-0.4, -0.2) is 27.9 Å². The molecule has 0 spiro atoms. The SMILES string of the molecule is CCOc1ccc(Br)cc1C[C@H]1SC(=O)N(Cc2ccc(Cl)cc2)C1=O. The van der Waals surface area contributed by atoms with Crippen molar-refractivity contribution in [3.8, 4) is 5.75 Å². The molecule has 2 aromatic carbocycles. The van der Waals surface area contributed by atoms with E-state index in [1.165, 1.54) is 4.90 Å². The second-order valence-electron chi connectivity index (χ2n) is 5.81. The van der Waals surface area contributed by atoms with Crippen LogP contribution >= 0.6 is 39.3 Å². The third-order valence-corrected chi connectivity index (χ3v) is 5.81. The zero-order chi connectivity index (χ0) is 18.7. The first-order valence-electron chi connectivity index (χ1n) is 8.15. The van der Waals surface area contributed by atoms with Crippen molar-refractivity contribution in [2.24, 2.45) is 0 Å². The number of carbonyl (C=O) groups is 2. The highest BCUT2D eigenvalue weighted by molar-refractivity contribution is 9.10. The fourth-order valence-electron chi connectivity index (χ4n) is 2.75. The van der Waals surface area contributed by atoms with Crippen molar-refractivity contribution in [1.82, 2.24) is 4.90 Å². The largest absolute Gasteiger partial charge is 0.494 e. The van der Waals surface area contributed by atoms with Crippen molar-refractivity contribution in [3.63, 3.8) is 0 Å². The third-order valence-electron chi connectivity index (χ3n) is 3.99. The molecule has 1 atom stereocenters. The van der Waals surface area contributed by atoms with Crippen LogP contribution in [0.5, 0.6) is 5.75 Å². The molecule has 0 aromatic heterocycles. The Labute approximate surface area is 170 Å². The maximum Gasteiger partial charge on any atom is 0.289 e. The van der Waals surface area contributed by atoms with Gasteiger partial charge in [0.2, 0.25) is 5.91 Å². The van der Waals surface area contributed by atoms with Crippen LogP contribution in [0, 0.1) is 0 Å². The van der Waals surface area contributed by atoms with Gasteiger partial charge in [0.05, 0.1) is 18.4 Å². The van der Waals surface area contributed by atoms with Gasteiger partial charge >= 0.3 is 0 Å².